The van der Waals surface area contributed by atoms with Crippen LogP contribution in [0.2, 0.25) is 0 Å². The summed E-state index contributed by atoms with van der Waals surface area (Å²) in [6.45, 7) is 1.96. The van der Waals surface area contributed by atoms with E-state index in [9.17, 15) is 9.90 Å². The summed E-state index contributed by atoms with van der Waals surface area (Å²) in [5, 5.41) is 13.2. The summed E-state index contributed by atoms with van der Waals surface area (Å²) in [4.78, 5) is 16.9. The first-order valence-corrected chi connectivity index (χ1v) is 6.68. The molecule has 1 saturated carbocycles. The molecule has 0 bridgehead atoms. The summed E-state index contributed by atoms with van der Waals surface area (Å²) in [5.74, 6) is -0.662. The topological polar surface area (TPSA) is 68.1 Å². The van der Waals surface area contributed by atoms with Crippen LogP contribution in [0.15, 0.2) is 29.4 Å². The number of ether oxygens (including phenoxy) is 1. The number of oxime groups is 1. The molecule has 0 atom stereocenters. The number of hydrogen-bond donors (Lipinski definition) is 1. The summed E-state index contributed by atoms with van der Waals surface area (Å²) in [6.07, 6.45) is 3.97. The molecule has 0 radical (unpaired) electrons. The smallest absolute Gasteiger partial charge is 0.358 e. The molecule has 1 aliphatic carbocycles. The number of carboxylic acid groups (broad SMARTS) is 1. The Labute approximate surface area is 118 Å². The van der Waals surface area contributed by atoms with Gasteiger partial charge in [0.15, 0.2) is 5.71 Å². The molecule has 1 N–H and O–H groups in total. The number of methoxy groups -OCH3 is 1. The SMILES string of the molecule is COc1ccccc1C(=NOC1(C)CCCC1)C(=O)O. The van der Waals surface area contributed by atoms with Crippen molar-refractivity contribution in [1.82, 2.24) is 0 Å². The van der Waals surface area contributed by atoms with E-state index in [2.05, 4.69) is 5.16 Å². The molecule has 0 aliphatic heterocycles. The summed E-state index contributed by atoms with van der Waals surface area (Å²) in [6, 6.07) is 6.88. The minimum Gasteiger partial charge on any atom is -0.496 e. The van der Waals surface area contributed by atoms with Crippen LogP contribution in [0.4, 0.5) is 0 Å². The van der Waals surface area contributed by atoms with Crippen LogP contribution < -0.4 is 4.74 Å². The number of hydrogen-bond acceptors (Lipinski definition) is 4. The van der Waals surface area contributed by atoms with Crippen LogP contribution in [-0.2, 0) is 9.63 Å². The third kappa shape index (κ3) is 3.10. The molecule has 0 saturated heterocycles. The van der Waals surface area contributed by atoms with E-state index in [-0.39, 0.29) is 11.3 Å². The lowest BCUT2D eigenvalue weighted by atomic mass is 10.1. The Bertz CT molecular complexity index is 518. The molecule has 1 aliphatic rings. The molecule has 5 heteroatoms. The van der Waals surface area contributed by atoms with Gasteiger partial charge in [0.05, 0.1) is 12.7 Å². The third-order valence-corrected chi connectivity index (χ3v) is 3.58. The van der Waals surface area contributed by atoms with E-state index in [1.165, 1.54) is 7.11 Å². The number of carbonyl (C=O) groups is 1. The van der Waals surface area contributed by atoms with Gasteiger partial charge in [-0.2, -0.15) is 0 Å². The standard InChI is InChI=1S/C15H19NO4/c1-15(9-5-6-10-15)20-16-13(14(17)18)11-7-3-4-8-12(11)19-2/h3-4,7-8H,5-6,9-10H2,1-2H3,(H,17,18). The average molecular weight is 277 g/mol. The number of carboxylic acids is 1. The Balaban J connectivity index is 2.29. The largest absolute Gasteiger partial charge is 0.496 e. The predicted molar refractivity (Wildman–Crippen MR) is 75.1 cm³/mol. The van der Waals surface area contributed by atoms with Gasteiger partial charge in [-0.3, -0.25) is 0 Å². The molecule has 108 valence electrons. The van der Waals surface area contributed by atoms with Crippen molar-refractivity contribution in [3.05, 3.63) is 29.8 Å². The highest BCUT2D eigenvalue weighted by Gasteiger charge is 2.31. The highest BCUT2D eigenvalue weighted by atomic mass is 16.7. The van der Waals surface area contributed by atoms with Gasteiger partial charge in [0.2, 0.25) is 0 Å². The second-order valence-corrected chi connectivity index (χ2v) is 5.19. The molecule has 20 heavy (non-hydrogen) atoms. The van der Waals surface area contributed by atoms with Crippen LogP contribution in [0, 0.1) is 0 Å². The van der Waals surface area contributed by atoms with E-state index >= 15 is 0 Å². The van der Waals surface area contributed by atoms with Gasteiger partial charge in [-0.25, -0.2) is 4.79 Å². The molecule has 1 fully saturated rings. The Morgan fingerprint density at radius 2 is 1.95 bits per heavy atom. The van der Waals surface area contributed by atoms with Crippen LogP contribution in [0.25, 0.3) is 0 Å². The number of benzene rings is 1. The molecule has 5 nitrogen and oxygen atoms in total. The second-order valence-electron chi connectivity index (χ2n) is 5.19. The van der Waals surface area contributed by atoms with E-state index in [1.54, 1.807) is 24.3 Å². The fraction of sp³-hybridized carbons (Fsp3) is 0.467. The summed E-state index contributed by atoms with van der Waals surface area (Å²) < 4.78 is 5.17. The molecule has 0 aromatic heterocycles. The zero-order valence-electron chi connectivity index (χ0n) is 11.8. The monoisotopic (exact) mass is 277 g/mol. The maximum absolute atomic E-state index is 11.4. The number of aliphatic carboxylic acids is 1. The predicted octanol–water partition coefficient (Wildman–Crippen LogP) is 2.83. The third-order valence-electron chi connectivity index (χ3n) is 3.58. The van der Waals surface area contributed by atoms with Gasteiger partial charge in [-0.15, -0.1) is 0 Å². The van der Waals surface area contributed by atoms with E-state index in [0.717, 1.165) is 25.7 Å². The van der Waals surface area contributed by atoms with Gasteiger partial charge in [-0.05, 0) is 44.7 Å². The Morgan fingerprint density at radius 1 is 1.30 bits per heavy atom. The fourth-order valence-electron chi connectivity index (χ4n) is 2.41. The van der Waals surface area contributed by atoms with Gasteiger partial charge >= 0.3 is 5.97 Å². The molecule has 0 unspecified atom stereocenters. The normalized spacial score (nSPS) is 17.8. The Hall–Kier alpha value is -2.04. The van der Waals surface area contributed by atoms with Crippen molar-refractivity contribution < 1.29 is 19.5 Å². The van der Waals surface area contributed by atoms with Crippen molar-refractivity contribution in [2.45, 2.75) is 38.2 Å². The highest BCUT2D eigenvalue weighted by molar-refractivity contribution is 6.43. The Kier molecular flexibility index (Phi) is 4.27. The van der Waals surface area contributed by atoms with Crippen molar-refractivity contribution in [3.63, 3.8) is 0 Å². The number of para-hydroxylation sites is 1. The molecule has 1 aromatic rings. The zero-order valence-corrected chi connectivity index (χ0v) is 11.8. The quantitative estimate of drug-likeness (QED) is 0.663. The lowest BCUT2D eigenvalue weighted by Gasteiger charge is -2.21. The first kappa shape index (κ1) is 14.4. The van der Waals surface area contributed by atoms with Crippen molar-refractivity contribution in [2.75, 3.05) is 7.11 Å². The Morgan fingerprint density at radius 3 is 2.55 bits per heavy atom. The zero-order chi connectivity index (χ0) is 14.6. The minimum absolute atomic E-state index is 0.129. The average Bonchev–Trinajstić information content (AvgIpc) is 2.86. The van der Waals surface area contributed by atoms with E-state index < -0.39 is 5.97 Å². The molecule has 0 heterocycles. The molecular weight excluding hydrogens is 258 g/mol. The molecular formula is C15H19NO4. The molecule has 2 rings (SSSR count). The molecule has 1 aromatic carbocycles. The summed E-state index contributed by atoms with van der Waals surface area (Å²) >= 11 is 0. The summed E-state index contributed by atoms with van der Waals surface area (Å²) in [5.41, 5.74) is -0.0671. The highest BCUT2D eigenvalue weighted by Crippen LogP contribution is 2.33. The van der Waals surface area contributed by atoms with Crippen LogP contribution in [0.1, 0.15) is 38.2 Å². The van der Waals surface area contributed by atoms with Crippen molar-refractivity contribution >= 4 is 11.7 Å². The van der Waals surface area contributed by atoms with E-state index in [1.807, 2.05) is 6.92 Å². The van der Waals surface area contributed by atoms with E-state index in [4.69, 9.17) is 9.57 Å². The van der Waals surface area contributed by atoms with Crippen LogP contribution in [-0.4, -0.2) is 29.5 Å². The number of nitrogens with zero attached hydrogens (tertiary/aromatic N) is 1. The van der Waals surface area contributed by atoms with E-state index in [0.29, 0.717) is 11.3 Å². The van der Waals surface area contributed by atoms with Gasteiger partial charge in [-0.1, -0.05) is 17.3 Å². The first-order valence-electron chi connectivity index (χ1n) is 6.68. The molecule has 0 amide bonds. The van der Waals surface area contributed by atoms with Crippen LogP contribution in [0.5, 0.6) is 5.75 Å². The van der Waals surface area contributed by atoms with Gasteiger partial charge < -0.3 is 14.7 Å². The van der Waals surface area contributed by atoms with Crippen molar-refractivity contribution in [1.29, 1.82) is 0 Å². The number of rotatable bonds is 5. The second kappa shape index (κ2) is 5.94. The fourth-order valence-corrected chi connectivity index (χ4v) is 2.41. The van der Waals surface area contributed by atoms with Crippen LogP contribution >= 0.6 is 0 Å². The maximum Gasteiger partial charge on any atom is 0.358 e. The lowest BCUT2D eigenvalue weighted by molar-refractivity contribution is -0.129. The summed E-state index contributed by atoms with van der Waals surface area (Å²) in [7, 11) is 1.50. The van der Waals surface area contributed by atoms with Crippen molar-refractivity contribution in [3.8, 4) is 5.75 Å². The maximum atomic E-state index is 11.4. The van der Waals surface area contributed by atoms with Crippen LogP contribution in [0.3, 0.4) is 0 Å². The first-order chi connectivity index (χ1) is 9.56. The van der Waals surface area contributed by atoms with Gasteiger partial charge in [0.1, 0.15) is 11.4 Å². The minimum atomic E-state index is -1.13. The van der Waals surface area contributed by atoms with Gasteiger partial charge in [0, 0.05) is 0 Å². The van der Waals surface area contributed by atoms with Gasteiger partial charge in [0.25, 0.3) is 0 Å². The molecule has 0 spiro atoms. The van der Waals surface area contributed by atoms with Crippen molar-refractivity contribution in [2.24, 2.45) is 5.16 Å². The lowest BCUT2D eigenvalue weighted by Crippen LogP contribution is -2.24.